The minimum Gasteiger partial charge on any atom is -0.497 e. The van der Waals surface area contributed by atoms with E-state index < -0.39 is 5.60 Å². The first-order chi connectivity index (χ1) is 17.4. The maximum Gasteiger partial charge on any atom is 0.222 e. The number of aliphatic hydroxyl groups is 1. The first-order valence-corrected chi connectivity index (χ1v) is 12.2. The topological polar surface area (TPSA) is 68.2 Å². The van der Waals surface area contributed by atoms with Gasteiger partial charge in [-0.05, 0) is 64.9 Å². The number of rotatable bonds is 12. The van der Waals surface area contributed by atoms with Gasteiger partial charge in [-0.25, -0.2) is 0 Å². The predicted octanol–water partition coefficient (Wildman–Crippen LogP) is 4.94. The van der Waals surface area contributed by atoms with Crippen LogP contribution in [-0.4, -0.2) is 50.8 Å². The number of carbonyl (C=O) groups excluding carboxylic acids is 1. The first-order valence-electron chi connectivity index (χ1n) is 12.2. The van der Waals surface area contributed by atoms with Crippen LogP contribution in [0.1, 0.15) is 47.6 Å². The van der Waals surface area contributed by atoms with Gasteiger partial charge in [0.2, 0.25) is 5.91 Å². The van der Waals surface area contributed by atoms with E-state index in [0.717, 1.165) is 45.7 Å². The zero-order valence-electron chi connectivity index (χ0n) is 21.9. The Morgan fingerprint density at radius 3 is 2.06 bits per heavy atom. The second-order valence-electron chi connectivity index (χ2n) is 8.87. The minimum absolute atomic E-state index is 0.126. The molecule has 1 atom stereocenters. The van der Waals surface area contributed by atoms with Crippen molar-refractivity contribution in [1.29, 1.82) is 0 Å². The van der Waals surface area contributed by atoms with Crippen LogP contribution in [0.4, 0.5) is 0 Å². The fourth-order valence-electron chi connectivity index (χ4n) is 4.44. The van der Waals surface area contributed by atoms with Crippen molar-refractivity contribution >= 4 is 5.91 Å². The van der Waals surface area contributed by atoms with Crippen LogP contribution >= 0.6 is 0 Å². The van der Waals surface area contributed by atoms with Gasteiger partial charge in [-0.2, -0.15) is 0 Å². The highest BCUT2D eigenvalue weighted by atomic mass is 16.5. The number of methoxy groups -OCH3 is 3. The van der Waals surface area contributed by atoms with Crippen LogP contribution in [0, 0.1) is 0 Å². The fourth-order valence-corrected chi connectivity index (χ4v) is 4.44. The lowest BCUT2D eigenvalue weighted by Gasteiger charge is -2.31. The van der Waals surface area contributed by atoms with Gasteiger partial charge in [0, 0.05) is 27.1 Å². The molecule has 0 aliphatic heterocycles. The van der Waals surface area contributed by atoms with Crippen LogP contribution in [0.15, 0.2) is 66.7 Å². The second-order valence-corrected chi connectivity index (χ2v) is 8.87. The van der Waals surface area contributed by atoms with Gasteiger partial charge >= 0.3 is 0 Å². The summed E-state index contributed by atoms with van der Waals surface area (Å²) in [4.78, 5) is 13.7. The fraction of sp³-hybridized carbons (Fsp3) is 0.367. The Kier molecular flexibility index (Phi) is 9.51. The molecule has 6 nitrogen and oxygen atoms in total. The van der Waals surface area contributed by atoms with Gasteiger partial charge in [-0.1, -0.05) is 49.4 Å². The van der Waals surface area contributed by atoms with Gasteiger partial charge in [0.05, 0.1) is 20.8 Å². The van der Waals surface area contributed by atoms with E-state index in [2.05, 4.69) is 0 Å². The number of ether oxygens (including phenoxy) is 3. The summed E-state index contributed by atoms with van der Waals surface area (Å²) in [6, 6.07) is 21.1. The summed E-state index contributed by atoms with van der Waals surface area (Å²) < 4.78 is 16.2. The number of amides is 1. The molecule has 0 radical (unpaired) electrons. The number of benzene rings is 3. The standard InChI is InChI=1S/C30H37NO5/c1-6-29(32)31(2)19-7-8-23-20-26(15-18-28(23)36-5)30(33,25-13-16-27(35-4)17-14-25)24-11-9-22(10-12-24)21-34-3/h9-18,20,33H,6-8,19,21H2,1-5H3. The molecule has 0 bridgehead atoms. The molecule has 36 heavy (non-hydrogen) atoms. The molecule has 0 saturated heterocycles. The Hall–Kier alpha value is -3.35. The lowest BCUT2D eigenvalue weighted by atomic mass is 9.79. The van der Waals surface area contributed by atoms with Gasteiger partial charge < -0.3 is 24.2 Å². The van der Waals surface area contributed by atoms with Gasteiger partial charge in [-0.3, -0.25) is 4.79 Å². The smallest absolute Gasteiger partial charge is 0.222 e. The summed E-state index contributed by atoms with van der Waals surface area (Å²) >= 11 is 0. The Labute approximate surface area is 214 Å². The van der Waals surface area contributed by atoms with Crippen molar-refractivity contribution < 1.29 is 24.1 Å². The number of aryl methyl sites for hydroxylation is 1. The van der Waals surface area contributed by atoms with E-state index in [1.165, 1.54) is 0 Å². The quantitative estimate of drug-likeness (QED) is 0.364. The van der Waals surface area contributed by atoms with Crippen molar-refractivity contribution in [2.45, 2.75) is 38.4 Å². The molecule has 1 N–H and O–H groups in total. The van der Waals surface area contributed by atoms with Crippen LogP contribution in [0.5, 0.6) is 11.5 Å². The summed E-state index contributed by atoms with van der Waals surface area (Å²) in [7, 11) is 6.76. The normalized spacial score (nSPS) is 12.6. The molecular weight excluding hydrogens is 454 g/mol. The summed E-state index contributed by atoms with van der Waals surface area (Å²) in [5.41, 5.74) is 2.83. The molecule has 0 aromatic heterocycles. The maximum absolute atomic E-state index is 12.4. The van der Waals surface area contributed by atoms with Crippen LogP contribution in [0.25, 0.3) is 0 Å². The first kappa shape index (κ1) is 27.2. The lowest BCUT2D eigenvalue weighted by molar-refractivity contribution is -0.129. The van der Waals surface area contributed by atoms with Gasteiger partial charge in [0.1, 0.15) is 17.1 Å². The highest BCUT2D eigenvalue weighted by molar-refractivity contribution is 5.75. The lowest BCUT2D eigenvalue weighted by Crippen LogP contribution is -2.29. The van der Waals surface area contributed by atoms with Crippen LogP contribution in [0.3, 0.4) is 0 Å². The summed E-state index contributed by atoms with van der Waals surface area (Å²) in [6.07, 6.45) is 1.99. The molecule has 0 spiro atoms. The Balaban J connectivity index is 2.03. The highest BCUT2D eigenvalue weighted by Crippen LogP contribution is 2.39. The molecule has 1 amide bonds. The van der Waals surface area contributed by atoms with E-state index in [0.29, 0.717) is 26.0 Å². The molecule has 1 unspecified atom stereocenters. The third kappa shape index (κ3) is 6.07. The van der Waals surface area contributed by atoms with Crippen LogP contribution in [0.2, 0.25) is 0 Å². The predicted molar refractivity (Wildman–Crippen MR) is 141 cm³/mol. The van der Waals surface area contributed by atoms with Crippen molar-refractivity contribution in [3.63, 3.8) is 0 Å². The van der Waals surface area contributed by atoms with E-state index in [1.807, 2.05) is 80.7 Å². The Morgan fingerprint density at radius 1 is 0.889 bits per heavy atom. The average molecular weight is 492 g/mol. The van der Waals surface area contributed by atoms with E-state index in [4.69, 9.17) is 14.2 Å². The molecular formula is C30H37NO5. The van der Waals surface area contributed by atoms with Crippen molar-refractivity contribution in [1.82, 2.24) is 4.90 Å². The van der Waals surface area contributed by atoms with E-state index >= 15 is 0 Å². The second kappa shape index (κ2) is 12.6. The monoisotopic (exact) mass is 491 g/mol. The third-order valence-corrected chi connectivity index (χ3v) is 6.56. The van der Waals surface area contributed by atoms with Gasteiger partial charge in [0.15, 0.2) is 0 Å². The molecule has 3 rings (SSSR count). The summed E-state index contributed by atoms with van der Waals surface area (Å²) in [5, 5.41) is 12.4. The van der Waals surface area contributed by atoms with E-state index in [-0.39, 0.29) is 5.91 Å². The maximum atomic E-state index is 12.4. The van der Waals surface area contributed by atoms with Gasteiger partial charge in [0.25, 0.3) is 0 Å². The zero-order valence-corrected chi connectivity index (χ0v) is 21.9. The molecule has 192 valence electrons. The average Bonchev–Trinajstić information content (AvgIpc) is 2.92. The molecule has 0 aliphatic rings. The molecule has 0 fully saturated rings. The van der Waals surface area contributed by atoms with Crippen molar-refractivity contribution in [2.24, 2.45) is 0 Å². The number of nitrogens with zero attached hydrogens (tertiary/aromatic N) is 1. The Bertz CT molecular complexity index is 1130. The number of hydrogen-bond acceptors (Lipinski definition) is 5. The largest absolute Gasteiger partial charge is 0.497 e. The molecule has 0 aliphatic carbocycles. The highest BCUT2D eigenvalue weighted by Gasteiger charge is 2.34. The summed E-state index contributed by atoms with van der Waals surface area (Å²) in [6.45, 7) is 3.03. The van der Waals surface area contributed by atoms with E-state index in [1.54, 1.807) is 26.2 Å². The summed E-state index contributed by atoms with van der Waals surface area (Å²) in [5.74, 6) is 1.61. The number of hydrogen-bond donors (Lipinski definition) is 1. The van der Waals surface area contributed by atoms with Crippen molar-refractivity contribution in [3.05, 3.63) is 94.5 Å². The van der Waals surface area contributed by atoms with E-state index in [9.17, 15) is 9.90 Å². The van der Waals surface area contributed by atoms with Gasteiger partial charge in [-0.15, -0.1) is 0 Å². The Morgan fingerprint density at radius 2 is 1.50 bits per heavy atom. The van der Waals surface area contributed by atoms with Crippen molar-refractivity contribution in [3.8, 4) is 11.5 Å². The molecule has 0 saturated carbocycles. The third-order valence-electron chi connectivity index (χ3n) is 6.56. The van der Waals surface area contributed by atoms with Crippen molar-refractivity contribution in [2.75, 3.05) is 34.9 Å². The zero-order chi connectivity index (χ0) is 26.1. The molecule has 0 heterocycles. The molecule has 3 aromatic rings. The molecule has 6 heteroatoms. The number of carbonyl (C=O) groups is 1. The SMILES string of the molecule is CCC(=O)N(C)CCCc1cc(C(O)(c2ccc(COC)cc2)c2ccc(OC)cc2)ccc1OC. The molecule has 3 aromatic carbocycles. The van der Waals surface area contributed by atoms with Crippen LogP contribution < -0.4 is 9.47 Å². The minimum atomic E-state index is -1.39. The van der Waals surface area contributed by atoms with Crippen LogP contribution in [-0.2, 0) is 28.2 Å².